The van der Waals surface area contributed by atoms with Gasteiger partial charge in [-0.2, -0.15) is 0 Å². The van der Waals surface area contributed by atoms with E-state index >= 15 is 0 Å². The Balaban J connectivity index is 1.88. The molecule has 0 bridgehead atoms. The van der Waals surface area contributed by atoms with Crippen LogP contribution in [0.5, 0.6) is 0 Å². The van der Waals surface area contributed by atoms with Crippen LogP contribution in [0, 0.1) is 5.82 Å². The molecule has 0 saturated carbocycles. The minimum absolute atomic E-state index is 0.251. The molecule has 2 nitrogen and oxygen atoms in total. The highest BCUT2D eigenvalue weighted by molar-refractivity contribution is 7.11. The third-order valence-corrected chi connectivity index (χ3v) is 5.40. The maximum Gasteiger partial charge on any atom is 0.128 e. The number of nitrogens with zero attached hydrogens (tertiary/aromatic N) is 1. The second-order valence-corrected chi connectivity index (χ2v) is 6.82. The summed E-state index contributed by atoms with van der Waals surface area (Å²) >= 11 is 7.81. The van der Waals surface area contributed by atoms with Crippen LogP contribution in [-0.4, -0.2) is 11.5 Å². The summed E-state index contributed by atoms with van der Waals surface area (Å²) in [5, 5.41) is 4.94. The lowest BCUT2D eigenvalue weighted by atomic mass is 9.98. The zero-order chi connectivity index (χ0) is 14.8. The Kier molecular flexibility index (Phi) is 4.57. The normalized spacial score (nSPS) is 17.8. The molecule has 1 atom stereocenters. The van der Waals surface area contributed by atoms with Crippen LogP contribution in [0.15, 0.2) is 18.2 Å². The lowest BCUT2D eigenvalue weighted by Crippen LogP contribution is -2.23. The summed E-state index contributed by atoms with van der Waals surface area (Å²) in [4.78, 5) is 6.04. The monoisotopic (exact) mass is 324 g/mol. The van der Waals surface area contributed by atoms with Crippen LogP contribution >= 0.6 is 22.9 Å². The van der Waals surface area contributed by atoms with E-state index in [0.717, 1.165) is 30.8 Å². The molecule has 1 unspecified atom stereocenters. The number of halogens is 2. The molecule has 0 saturated heterocycles. The highest BCUT2D eigenvalue weighted by atomic mass is 35.5. The van der Waals surface area contributed by atoms with E-state index in [1.807, 2.05) is 0 Å². The molecule has 21 heavy (non-hydrogen) atoms. The standard InChI is InChI=1S/C16H18ClFN2S/c1-2-19-13-7-4-8-14-16(13)21-15(20-14)9-10-11(17)5-3-6-12(10)18/h3,5-6,13,19H,2,4,7-9H2,1H3. The first-order valence-corrected chi connectivity index (χ1v) is 8.53. The van der Waals surface area contributed by atoms with Crippen molar-refractivity contribution in [3.05, 3.63) is 50.2 Å². The number of rotatable bonds is 4. The molecular weight excluding hydrogens is 307 g/mol. The van der Waals surface area contributed by atoms with Gasteiger partial charge in [-0.15, -0.1) is 11.3 Å². The minimum Gasteiger partial charge on any atom is -0.309 e. The lowest BCUT2D eigenvalue weighted by Gasteiger charge is -2.21. The van der Waals surface area contributed by atoms with Gasteiger partial charge in [0.2, 0.25) is 0 Å². The average Bonchev–Trinajstić information content (AvgIpc) is 2.87. The average molecular weight is 325 g/mol. The maximum atomic E-state index is 13.9. The Morgan fingerprint density at radius 3 is 3.10 bits per heavy atom. The first-order chi connectivity index (χ1) is 10.2. The Hall–Kier alpha value is -0.970. The van der Waals surface area contributed by atoms with E-state index < -0.39 is 0 Å². The van der Waals surface area contributed by atoms with Gasteiger partial charge in [-0.25, -0.2) is 9.37 Å². The van der Waals surface area contributed by atoms with E-state index in [-0.39, 0.29) is 5.82 Å². The first kappa shape index (κ1) is 14.9. The van der Waals surface area contributed by atoms with Gasteiger partial charge in [-0.05, 0) is 37.9 Å². The number of hydrogen-bond acceptors (Lipinski definition) is 3. The summed E-state index contributed by atoms with van der Waals surface area (Å²) in [5.74, 6) is -0.251. The summed E-state index contributed by atoms with van der Waals surface area (Å²) in [7, 11) is 0. The molecule has 112 valence electrons. The van der Waals surface area contributed by atoms with E-state index in [1.54, 1.807) is 23.5 Å². The van der Waals surface area contributed by atoms with Gasteiger partial charge in [-0.3, -0.25) is 0 Å². The van der Waals surface area contributed by atoms with Gasteiger partial charge >= 0.3 is 0 Å². The Morgan fingerprint density at radius 1 is 1.48 bits per heavy atom. The Morgan fingerprint density at radius 2 is 2.33 bits per heavy atom. The third kappa shape index (κ3) is 3.12. The van der Waals surface area contributed by atoms with Crippen LogP contribution in [0.4, 0.5) is 4.39 Å². The molecule has 2 aromatic rings. The molecule has 1 N–H and O–H groups in total. The predicted molar refractivity (Wildman–Crippen MR) is 85.7 cm³/mol. The summed E-state index contributed by atoms with van der Waals surface area (Å²) in [6, 6.07) is 5.22. The SMILES string of the molecule is CCNC1CCCc2nc(Cc3c(F)cccc3Cl)sc21. The molecule has 1 aliphatic rings. The molecule has 0 spiro atoms. The summed E-state index contributed by atoms with van der Waals surface area (Å²) in [5.41, 5.74) is 1.73. The molecule has 0 amide bonds. The highest BCUT2D eigenvalue weighted by Crippen LogP contribution is 2.35. The molecule has 5 heteroatoms. The molecule has 3 rings (SSSR count). The number of fused-ring (bicyclic) bond motifs is 1. The molecule has 1 heterocycles. The van der Waals surface area contributed by atoms with Gasteiger partial charge in [-0.1, -0.05) is 24.6 Å². The second kappa shape index (κ2) is 6.42. The quantitative estimate of drug-likeness (QED) is 0.894. The fourth-order valence-electron chi connectivity index (χ4n) is 2.84. The van der Waals surface area contributed by atoms with E-state index in [1.165, 1.54) is 16.6 Å². The number of nitrogens with one attached hydrogen (secondary N) is 1. The predicted octanol–water partition coefficient (Wildman–Crippen LogP) is 4.51. The minimum atomic E-state index is -0.251. The Labute approximate surface area is 133 Å². The van der Waals surface area contributed by atoms with Crippen molar-refractivity contribution in [2.24, 2.45) is 0 Å². The van der Waals surface area contributed by atoms with E-state index in [0.29, 0.717) is 23.0 Å². The second-order valence-electron chi connectivity index (χ2n) is 5.30. The maximum absolute atomic E-state index is 13.9. The topological polar surface area (TPSA) is 24.9 Å². The first-order valence-electron chi connectivity index (χ1n) is 7.33. The number of hydrogen-bond donors (Lipinski definition) is 1. The smallest absolute Gasteiger partial charge is 0.128 e. The number of aryl methyl sites for hydroxylation is 1. The fourth-order valence-corrected chi connectivity index (χ4v) is 4.30. The van der Waals surface area contributed by atoms with Gasteiger partial charge in [0.05, 0.1) is 10.7 Å². The summed E-state index contributed by atoms with van der Waals surface area (Å²) in [6.45, 7) is 3.08. The van der Waals surface area contributed by atoms with Crippen LogP contribution in [0.25, 0.3) is 0 Å². The zero-order valence-corrected chi connectivity index (χ0v) is 13.5. The molecule has 1 aromatic carbocycles. The number of benzene rings is 1. The van der Waals surface area contributed by atoms with Crippen molar-refractivity contribution < 1.29 is 4.39 Å². The van der Waals surface area contributed by atoms with E-state index in [9.17, 15) is 4.39 Å². The molecule has 0 aliphatic heterocycles. The van der Waals surface area contributed by atoms with E-state index in [2.05, 4.69) is 12.2 Å². The van der Waals surface area contributed by atoms with Crippen LogP contribution < -0.4 is 5.32 Å². The highest BCUT2D eigenvalue weighted by Gasteiger charge is 2.24. The molecule has 0 fully saturated rings. The largest absolute Gasteiger partial charge is 0.309 e. The van der Waals surface area contributed by atoms with Crippen molar-refractivity contribution in [2.45, 2.75) is 38.6 Å². The zero-order valence-electron chi connectivity index (χ0n) is 12.0. The van der Waals surface area contributed by atoms with Gasteiger partial charge in [0.15, 0.2) is 0 Å². The van der Waals surface area contributed by atoms with Crippen molar-refractivity contribution in [2.75, 3.05) is 6.54 Å². The fraction of sp³-hybridized carbons (Fsp3) is 0.438. The number of aromatic nitrogens is 1. The van der Waals surface area contributed by atoms with E-state index in [4.69, 9.17) is 16.6 Å². The lowest BCUT2D eigenvalue weighted by molar-refractivity contribution is 0.476. The van der Waals surface area contributed by atoms with Crippen molar-refractivity contribution in [3.8, 4) is 0 Å². The van der Waals surface area contributed by atoms with Crippen molar-refractivity contribution in [1.82, 2.24) is 10.3 Å². The third-order valence-electron chi connectivity index (χ3n) is 3.83. The Bertz CT molecular complexity index is 621. The van der Waals surface area contributed by atoms with Crippen LogP contribution in [0.2, 0.25) is 5.02 Å². The van der Waals surface area contributed by atoms with Crippen LogP contribution in [0.3, 0.4) is 0 Å². The van der Waals surface area contributed by atoms with Crippen molar-refractivity contribution in [3.63, 3.8) is 0 Å². The van der Waals surface area contributed by atoms with Gasteiger partial charge in [0.25, 0.3) is 0 Å². The molecule has 0 radical (unpaired) electrons. The molecule has 1 aliphatic carbocycles. The van der Waals surface area contributed by atoms with Gasteiger partial charge in [0.1, 0.15) is 5.82 Å². The number of thiazole rings is 1. The summed E-state index contributed by atoms with van der Waals surface area (Å²) in [6.07, 6.45) is 3.82. The van der Waals surface area contributed by atoms with Crippen molar-refractivity contribution in [1.29, 1.82) is 0 Å². The van der Waals surface area contributed by atoms with Crippen LogP contribution in [0.1, 0.15) is 46.9 Å². The molecule has 1 aromatic heterocycles. The van der Waals surface area contributed by atoms with Crippen LogP contribution in [-0.2, 0) is 12.8 Å². The summed E-state index contributed by atoms with van der Waals surface area (Å²) < 4.78 is 13.9. The van der Waals surface area contributed by atoms with Gasteiger partial charge < -0.3 is 5.32 Å². The van der Waals surface area contributed by atoms with Gasteiger partial charge in [0, 0.05) is 27.9 Å². The van der Waals surface area contributed by atoms with Crippen molar-refractivity contribution >= 4 is 22.9 Å². The molecular formula is C16H18ClFN2S.